The quantitative estimate of drug-likeness (QED) is 0.551. The second-order valence-corrected chi connectivity index (χ2v) is 8.37. The maximum absolute atomic E-state index is 13.4. The number of para-hydroxylation sites is 1. The number of esters is 1. The molecule has 3 amide bonds. The molecule has 0 fully saturated rings. The highest BCUT2D eigenvalue weighted by Gasteiger charge is 2.47. The molecule has 0 spiro atoms. The summed E-state index contributed by atoms with van der Waals surface area (Å²) >= 11 is 0. The van der Waals surface area contributed by atoms with E-state index in [0.29, 0.717) is 41.0 Å². The molecule has 0 aliphatic carbocycles. The molecular formula is C27H23N3O5. The summed E-state index contributed by atoms with van der Waals surface area (Å²) in [6.45, 7) is 0.310. The van der Waals surface area contributed by atoms with Crippen LogP contribution in [0.1, 0.15) is 55.6 Å². The first-order valence-corrected chi connectivity index (χ1v) is 11.3. The number of anilines is 2. The van der Waals surface area contributed by atoms with E-state index in [1.54, 1.807) is 58.3 Å². The summed E-state index contributed by atoms with van der Waals surface area (Å²) in [4.78, 5) is 54.0. The van der Waals surface area contributed by atoms with Crippen molar-refractivity contribution >= 4 is 35.1 Å². The monoisotopic (exact) mass is 469 g/mol. The number of nitrogens with one attached hydrogen (secondary N) is 1. The maximum Gasteiger partial charge on any atom is 0.337 e. The topological polar surface area (TPSA) is 96.0 Å². The lowest BCUT2D eigenvalue weighted by Crippen LogP contribution is -2.48. The van der Waals surface area contributed by atoms with Crippen LogP contribution in [0.25, 0.3) is 0 Å². The number of ether oxygens (including phenoxy) is 1. The zero-order valence-corrected chi connectivity index (χ0v) is 19.1. The Morgan fingerprint density at radius 1 is 0.886 bits per heavy atom. The second kappa shape index (κ2) is 9.06. The van der Waals surface area contributed by atoms with Gasteiger partial charge in [0.05, 0.1) is 23.9 Å². The van der Waals surface area contributed by atoms with E-state index in [-0.39, 0.29) is 24.1 Å². The van der Waals surface area contributed by atoms with Crippen molar-refractivity contribution in [3.05, 3.63) is 95.1 Å². The van der Waals surface area contributed by atoms with Crippen molar-refractivity contribution in [1.82, 2.24) is 4.90 Å². The van der Waals surface area contributed by atoms with Gasteiger partial charge >= 0.3 is 5.97 Å². The number of rotatable bonds is 6. The number of nitrogens with zero attached hydrogens (tertiary/aromatic N) is 2. The van der Waals surface area contributed by atoms with E-state index in [1.807, 2.05) is 24.3 Å². The first kappa shape index (κ1) is 22.3. The molecule has 3 aromatic carbocycles. The van der Waals surface area contributed by atoms with Crippen LogP contribution in [0, 0.1) is 0 Å². The molecule has 3 aromatic rings. The average Bonchev–Trinajstić information content (AvgIpc) is 3.18. The van der Waals surface area contributed by atoms with Crippen LogP contribution in [0.4, 0.5) is 11.4 Å². The summed E-state index contributed by atoms with van der Waals surface area (Å²) in [6.07, 6.45) is 0.0720. The molecule has 1 N–H and O–H groups in total. The number of amides is 3. The summed E-state index contributed by atoms with van der Waals surface area (Å²) in [5, 5.41) is 2.80. The first-order chi connectivity index (χ1) is 17.0. The molecule has 0 saturated heterocycles. The van der Waals surface area contributed by atoms with E-state index in [1.165, 1.54) is 7.11 Å². The highest BCUT2D eigenvalue weighted by atomic mass is 16.5. The largest absolute Gasteiger partial charge is 0.465 e. The molecule has 1 atom stereocenters. The second-order valence-electron chi connectivity index (χ2n) is 8.37. The van der Waals surface area contributed by atoms with Crippen molar-refractivity contribution in [2.75, 3.05) is 23.9 Å². The summed E-state index contributed by atoms with van der Waals surface area (Å²) in [5.41, 5.74) is 3.40. The Morgan fingerprint density at radius 3 is 2.31 bits per heavy atom. The first-order valence-electron chi connectivity index (χ1n) is 11.3. The lowest BCUT2D eigenvalue weighted by molar-refractivity contribution is -0.116. The summed E-state index contributed by atoms with van der Waals surface area (Å²) in [7, 11) is 1.31. The normalized spacial score (nSPS) is 15.9. The minimum atomic E-state index is -0.532. The zero-order chi connectivity index (χ0) is 24.5. The number of hydrogen-bond donors (Lipinski definition) is 1. The van der Waals surface area contributed by atoms with Crippen molar-refractivity contribution in [2.45, 2.75) is 19.0 Å². The van der Waals surface area contributed by atoms with Crippen LogP contribution in [0.3, 0.4) is 0 Å². The number of carbonyl (C=O) groups excluding carboxylic acids is 4. The van der Waals surface area contributed by atoms with E-state index in [9.17, 15) is 19.2 Å². The molecule has 0 unspecified atom stereocenters. The van der Waals surface area contributed by atoms with Crippen LogP contribution in [0.15, 0.2) is 72.8 Å². The molecule has 0 bridgehead atoms. The number of fused-ring (bicyclic) bond motifs is 5. The van der Waals surface area contributed by atoms with Gasteiger partial charge in [-0.25, -0.2) is 4.79 Å². The summed E-state index contributed by atoms with van der Waals surface area (Å²) in [6, 6.07) is 20.9. The minimum absolute atomic E-state index is 0.135. The number of hydrogen-bond acceptors (Lipinski definition) is 5. The molecule has 2 aliphatic rings. The fourth-order valence-corrected chi connectivity index (χ4v) is 4.64. The van der Waals surface area contributed by atoms with Crippen LogP contribution in [0.2, 0.25) is 0 Å². The lowest BCUT2D eigenvalue weighted by atomic mass is 10.0. The summed E-state index contributed by atoms with van der Waals surface area (Å²) < 4.78 is 4.67. The molecule has 0 saturated carbocycles. The van der Waals surface area contributed by atoms with E-state index in [2.05, 4.69) is 10.1 Å². The minimum Gasteiger partial charge on any atom is -0.465 e. The Hall–Kier alpha value is -4.46. The van der Waals surface area contributed by atoms with Crippen LogP contribution in [-0.4, -0.2) is 42.2 Å². The van der Waals surface area contributed by atoms with Gasteiger partial charge in [-0.2, -0.15) is 0 Å². The molecule has 8 heteroatoms. The van der Waals surface area contributed by atoms with E-state index >= 15 is 0 Å². The van der Waals surface area contributed by atoms with Crippen molar-refractivity contribution < 1.29 is 23.9 Å². The molecule has 2 aliphatic heterocycles. The SMILES string of the molecule is COC(=O)c1ccc(NC(=O)CCCN2C(=O)c3ccccc3N3C(=O)c4ccccc4[C@@H]23)cc1. The maximum atomic E-state index is 13.4. The van der Waals surface area contributed by atoms with Crippen molar-refractivity contribution in [3.8, 4) is 0 Å². The highest BCUT2D eigenvalue weighted by molar-refractivity contribution is 6.16. The third-order valence-corrected chi connectivity index (χ3v) is 6.28. The zero-order valence-electron chi connectivity index (χ0n) is 19.1. The predicted octanol–water partition coefficient (Wildman–Crippen LogP) is 4.01. The Labute approximate surface area is 202 Å². The third kappa shape index (κ3) is 3.93. The van der Waals surface area contributed by atoms with E-state index < -0.39 is 12.1 Å². The summed E-state index contributed by atoms with van der Waals surface area (Å²) in [5.74, 6) is -0.953. The van der Waals surface area contributed by atoms with Crippen molar-refractivity contribution in [1.29, 1.82) is 0 Å². The van der Waals surface area contributed by atoms with E-state index in [0.717, 1.165) is 5.56 Å². The van der Waals surface area contributed by atoms with Crippen LogP contribution in [-0.2, 0) is 9.53 Å². The van der Waals surface area contributed by atoms with Gasteiger partial charge in [0, 0.05) is 29.8 Å². The van der Waals surface area contributed by atoms with Gasteiger partial charge in [-0.3, -0.25) is 19.3 Å². The smallest absolute Gasteiger partial charge is 0.337 e. The van der Waals surface area contributed by atoms with Crippen molar-refractivity contribution in [2.24, 2.45) is 0 Å². The van der Waals surface area contributed by atoms with Crippen LogP contribution < -0.4 is 10.2 Å². The van der Waals surface area contributed by atoms with Crippen LogP contribution in [0.5, 0.6) is 0 Å². The molecule has 0 radical (unpaired) electrons. The van der Waals surface area contributed by atoms with Gasteiger partial charge in [0.25, 0.3) is 11.8 Å². The van der Waals surface area contributed by atoms with Crippen LogP contribution >= 0.6 is 0 Å². The third-order valence-electron chi connectivity index (χ3n) is 6.28. The molecule has 0 aromatic heterocycles. The fourth-order valence-electron chi connectivity index (χ4n) is 4.64. The van der Waals surface area contributed by atoms with Crippen molar-refractivity contribution in [3.63, 3.8) is 0 Å². The Morgan fingerprint density at radius 2 is 1.57 bits per heavy atom. The van der Waals surface area contributed by atoms with Gasteiger partial charge in [-0.05, 0) is 48.9 Å². The molecule has 176 valence electrons. The Balaban J connectivity index is 1.30. The van der Waals surface area contributed by atoms with E-state index in [4.69, 9.17) is 0 Å². The van der Waals surface area contributed by atoms with Gasteiger partial charge in [0.2, 0.25) is 5.91 Å². The average molecular weight is 469 g/mol. The molecule has 2 heterocycles. The molecule has 5 rings (SSSR count). The highest BCUT2D eigenvalue weighted by Crippen LogP contribution is 2.45. The molecule has 8 nitrogen and oxygen atoms in total. The number of methoxy groups -OCH3 is 1. The van der Waals surface area contributed by atoms with Gasteiger partial charge in [0.15, 0.2) is 0 Å². The predicted molar refractivity (Wildman–Crippen MR) is 129 cm³/mol. The standard InChI is InChI=1S/C27H23N3O5/c1-35-27(34)17-12-14-18(15-13-17)28-23(31)11-6-16-29-24-19-7-2-3-8-20(19)26(33)30(24)22-10-5-4-9-21(22)25(29)32/h2-5,7-10,12-15,24H,6,11,16H2,1H3,(H,28,31)/t24-/m0/s1. The molecule has 35 heavy (non-hydrogen) atoms. The lowest BCUT2D eigenvalue weighted by Gasteiger charge is -2.41. The van der Waals surface area contributed by atoms with Gasteiger partial charge < -0.3 is 15.0 Å². The van der Waals surface area contributed by atoms with Gasteiger partial charge in [-0.15, -0.1) is 0 Å². The molecular weight excluding hydrogens is 446 g/mol. The number of carbonyl (C=O) groups is 4. The Kier molecular flexibility index (Phi) is 5.78. The van der Waals surface area contributed by atoms with Gasteiger partial charge in [-0.1, -0.05) is 30.3 Å². The fraction of sp³-hybridized carbons (Fsp3) is 0.185. The van der Waals surface area contributed by atoms with Gasteiger partial charge in [0.1, 0.15) is 6.17 Å². The number of benzene rings is 3. The Bertz CT molecular complexity index is 1330.